The maximum absolute atomic E-state index is 12.8. The largest absolute Gasteiger partial charge is 0.450 e. The number of ether oxygens (including phenoxy) is 2. The zero-order chi connectivity index (χ0) is 27.5. The molecule has 1 unspecified atom stereocenters. The molecule has 6 rings (SSSR count). The summed E-state index contributed by atoms with van der Waals surface area (Å²) in [6, 6.07) is 7.79. The average Bonchev–Trinajstić information content (AvgIpc) is 3.67. The van der Waals surface area contributed by atoms with Gasteiger partial charge in [-0.05, 0) is 49.6 Å². The van der Waals surface area contributed by atoms with Crippen LogP contribution in [0.15, 0.2) is 49.1 Å². The minimum absolute atomic E-state index is 0.101. The van der Waals surface area contributed by atoms with E-state index in [0.29, 0.717) is 42.1 Å². The second-order valence-corrected chi connectivity index (χ2v) is 9.67. The van der Waals surface area contributed by atoms with Crippen molar-refractivity contribution < 1.29 is 19.1 Å². The Kier molecular flexibility index (Phi) is 7.23. The van der Waals surface area contributed by atoms with E-state index in [1.165, 1.54) is 0 Å². The maximum Gasteiger partial charge on any atom is 0.413 e. The fourth-order valence-electron chi connectivity index (χ4n) is 5.14. The van der Waals surface area contributed by atoms with E-state index in [4.69, 9.17) is 9.47 Å². The Morgan fingerprint density at radius 3 is 2.67 bits per heavy atom. The van der Waals surface area contributed by atoms with E-state index < -0.39 is 6.09 Å². The van der Waals surface area contributed by atoms with Crippen LogP contribution in [0.3, 0.4) is 0 Å². The summed E-state index contributed by atoms with van der Waals surface area (Å²) >= 11 is 0. The van der Waals surface area contributed by atoms with Crippen LogP contribution >= 0.6 is 0 Å². The Morgan fingerprint density at radius 1 is 1.10 bits per heavy atom. The molecule has 2 aliphatic heterocycles. The predicted octanol–water partition coefficient (Wildman–Crippen LogP) is 3.48. The normalized spacial score (nSPS) is 17.3. The molecule has 0 spiro atoms. The molecule has 2 amide bonds. The number of aromatic nitrogens is 5. The van der Waals surface area contributed by atoms with Gasteiger partial charge in [0.25, 0.3) is 5.91 Å². The lowest BCUT2D eigenvalue weighted by atomic mass is 10.0. The molecule has 0 saturated carbocycles. The second kappa shape index (κ2) is 11.3. The number of rotatable bonds is 6. The number of anilines is 2. The van der Waals surface area contributed by atoms with Crippen molar-refractivity contribution in [2.45, 2.75) is 25.9 Å². The molecule has 2 saturated heterocycles. The topological polar surface area (TPSA) is 138 Å². The van der Waals surface area contributed by atoms with E-state index in [9.17, 15) is 9.59 Å². The minimum Gasteiger partial charge on any atom is -0.450 e. The van der Waals surface area contributed by atoms with Crippen molar-refractivity contribution in [2.75, 3.05) is 49.6 Å². The summed E-state index contributed by atoms with van der Waals surface area (Å²) in [5.41, 5.74) is 4.82. The van der Waals surface area contributed by atoms with Crippen molar-refractivity contribution in [1.82, 2.24) is 29.8 Å². The molecule has 12 heteroatoms. The first-order valence-electron chi connectivity index (χ1n) is 13.4. The van der Waals surface area contributed by atoms with Crippen LogP contribution in [0.1, 0.15) is 19.8 Å². The number of nitrogens with zero attached hydrogens (tertiary/aromatic N) is 6. The number of pyridine rings is 1. The summed E-state index contributed by atoms with van der Waals surface area (Å²) < 4.78 is 10.6. The number of hydrogen-bond acceptors (Lipinski definition) is 9. The fraction of sp³-hybridized carbons (Fsp3) is 0.357. The lowest BCUT2D eigenvalue weighted by Gasteiger charge is -2.37. The summed E-state index contributed by atoms with van der Waals surface area (Å²) in [6.45, 7) is 5.39. The van der Waals surface area contributed by atoms with E-state index in [0.717, 1.165) is 42.7 Å². The molecule has 206 valence electrons. The molecule has 4 aromatic rings. The van der Waals surface area contributed by atoms with Crippen LogP contribution in [0.25, 0.3) is 33.5 Å². The zero-order valence-corrected chi connectivity index (χ0v) is 22.2. The number of carbonyl (C=O) groups excluding carboxylic acids is 2. The summed E-state index contributed by atoms with van der Waals surface area (Å²) in [4.78, 5) is 50.0. The van der Waals surface area contributed by atoms with Crippen molar-refractivity contribution >= 4 is 34.7 Å². The van der Waals surface area contributed by atoms with Crippen LogP contribution in [0.5, 0.6) is 0 Å². The number of nitrogens with one attached hydrogen (secondary N) is 2. The second-order valence-electron chi connectivity index (χ2n) is 9.67. The lowest BCUT2D eigenvalue weighted by Crippen LogP contribution is -2.51. The van der Waals surface area contributed by atoms with Gasteiger partial charge in [-0.2, -0.15) is 0 Å². The smallest absolute Gasteiger partial charge is 0.413 e. The number of hydrogen-bond donors (Lipinski definition) is 2. The molecule has 2 fully saturated rings. The molecule has 1 atom stereocenters. The number of carbonyl (C=O) groups is 2. The Bertz CT molecular complexity index is 1510. The Hall–Kier alpha value is -4.58. The van der Waals surface area contributed by atoms with E-state index in [-0.39, 0.29) is 24.6 Å². The molecular weight excluding hydrogens is 512 g/mol. The fourth-order valence-corrected chi connectivity index (χ4v) is 5.14. The summed E-state index contributed by atoms with van der Waals surface area (Å²) in [5.74, 6) is 0.883. The highest BCUT2D eigenvalue weighted by Crippen LogP contribution is 2.33. The van der Waals surface area contributed by atoms with Crippen LogP contribution in [0, 0.1) is 0 Å². The third kappa shape index (κ3) is 5.30. The van der Waals surface area contributed by atoms with Crippen molar-refractivity contribution in [3.8, 4) is 22.5 Å². The van der Waals surface area contributed by atoms with Gasteiger partial charge in [0.2, 0.25) is 5.95 Å². The van der Waals surface area contributed by atoms with Gasteiger partial charge in [0.1, 0.15) is 11.6 Å². The number of benzene rings is 1. The monoisotopic (exact) mass is 542 g/mol. The number of fused-ring (bicyclic) bond motifs is 1. The Labute approximate surface area is 230 Å². The predicted molar refractivity (Wildman–Crippen MR) is 149 cm³/mol. The molecule has 2 N–H and O–H groups in total. The van der Waals surface area contributed by atoms with Crippen LogP contribution in [0.4, 0.5) is 16.4 Å². The van der Waals surface area contributed by atoms with Crippen molar-refractivity contribution in [3.05, 3.63) is 49.1 Å². The van der Waals surface area contributed by atoms with Gasteiger partial charge >= 0.3 is 6.09 Å². The van der Waals surface area contributed by atoms with Crippen LogP contribution in [-0.4, -0.2) is 87.3 Å². The molecule has 1 aromatic carbocycles. The number of imidazole rings is 1. The van der Waals surface area contributed by atoms with Gasteiger partial charge in [-0.1, -0.05) is 0 Å². The van der Waals surface area contributed by atoms with Gasteiger partial charge in [-0.25, -0.2) is 19.7 Å². The van der Waals surface area contributed by atoms with Gasteiger partial charge in [0, 0.05) is 62.5 Å². The molecule has 40 heavy (non-hydrogen) atoms. The highest BCUT2D eigenvalue weighted by atomic mass is 16.5. The highest BCUT2D eigenvalue weighted by Gasteiger charge is 2.30. The standard InChI is InChI=1S/C28H30N8O4/c1-2-39-28(38)34-27-32-22-15-18(14-21(24(22)33-27)25-30-6-4-7-31-25)19-13-20(17-29-16-19)35-8-10-36(11-9-35)26(37)23-5-3-12-40-23/h4,6-7,13-17,23H,2-3,5,8-12H2,1H3,(H2,32,33,34,38). The van der Waals surface area contributed by atoms with Gasteiger partial charge < -0.3 is 24.3 Å². The van der Waals surface area contributed by atoms with Gasteiger partial charge in [-0.3, -0.25) is 15.1 Å². The quantitative estimate of drug-likeness (QED) is 0.375. The first kappa shape index (κ1) is 25.7. The van der Waals surface area contributed by atoms with Crippen LogP contribution in [-0.2, 0) is 14.3 Å². The summed E-state index contributed by atoms with van der Waals surface area (Å²) in [6.07, 6.45) is 7.89. The van der Waals surface area contributed by atoms with Crippen LogP contribution in [0.2, 0.25) is 0 Å². The number of H-pyrrole nitrogens is 1. The zero-order valence-electron chi connectivity index (χ0n) is 22.2. The van der Waals surface area contributed by atoms with Gasteiger partial charge in [0.05, 0.1) is 24.0 Å². The van der Waals surface area contributed by atoms with E-state index >= 15 is 0 Å². The number of aromatic amines is 1. The summed E-state index contributed by atoms with van der Waals surface area (Å²) in [5, 5.41) is 2.63. The molecular formula is C28H30N8O4. The van der Waals surface area contributed by atoms with Gasteiger partial charge in [-0.15, -0.1) is 0 Å². The van der Waals surface area contributed by atoms with Crippen molar-refractivity contribution in [1.29, 1.82) is 0 Å². The molecule has 0 radical (unpaired) electrons. The van der Waals surface area contributed by atoms with E-state index in [1.807, 2.05) is 29.4 Å². The molecule has 2 aliphatic rings. The SMILES string of the molecule is CCOC(=O)Nc1nc2c(-c3ncccn3)cc(-c3cncc(N4CCN(C(=O)C5CCCO5)CC4)c3)cc2[nH]1. The third-order valence-electron chi connectivity index (χ3n) is 7.11. The first-order valence-corrected chi connectivity index (χ1v) is 13.4. The number of amides is 2. The first-order chi connectivity index (χ1) is 19.6. The average molecular weight is 543 g/mol. The minimum atomic E-state index is -0.589. The molecule has 3 aromatic heterocycles. The van der Waals surface area contributed by atoms with E-state index in [2.05, 4.69) is 41.2 Å². The molecule has 0 bridgehead atoms. The van der Waals surface area contributed by atoms with E-state index in [1.54, 1.807) is 25.4 Å². The molecule has 12 nitrogen and oxygen atoms in total. The highest BCUT2D eigenvalue weighted by molar-refractivity contribution is 5.97. The number of piperazine rings is 1. The van der Waals surface area contributed by atoms with Gasteiger partial charge in [0.15, 0.2) is 5.82 Å². The van der Waals surface area contributed by atoms with Crippen LogP contribution < -0.4 is 10.2 Å². The Balaban J connectivity index is 1.28. The lowest BCUT2D eigenvalue weighted by molar-refractivity contribution is -0.141. The Morgan fingerprint density at radius 2 is 1.93 bits per heavy atom. The van der Waals surface area contributed by atoms with Crippen molar-refractivity contribution in [3.63, 3.8) is 0 Å². The summed E-state index contributed by atoms with van der Waals surface area (Å²) in [7, 11) is 0. The molecule has 0 aliphatic carbocycles. The third-order valence-corrected chi connectivity index (χ3v) is 7.11. The van der Waals surface area contributed by atoms with Crippen molar-refractivity contribution in [2.24, 2.45) is 0 Å². The maximum atomic E-state index is 12.8. The molecule has 5 heterocycles.